The SMILES string of the molecule is O=C(Nc1ccc(I)cc1Cl)c1ccc(F)cc1Cl. The van der Waals surface area contributed by atoms with E-state index >= 15 is 0 Å². The van der Waals surface area contributed by atoms with Crippen molar-refractivity contribution in [1.82, 2.24) is 0 Å². The highest BCUT2D eigenvalue weighted by Gasteiger charge is 2.12. The normalized spacial score (nSPS) is 10.3. The van der Waals surface area contributed by atoms with Gasteiger partial charge in [0.25, 0.3) is 5.91 Å². The lowest BCUT2D eigenvalue weighted by Gasteiger charge is -2.08. The summed E-state index contributed by atoms with van der Waals surface area (Å²) in [6, 6.07) is 8.83. The Morgan fingerprint density at radius 1 is 1.11 bits per heavy atom. The third-order valence-corrected chi connectivity index (χ3v) is 3.65. The predicted octanol–water partition coefficient (Wildman–Crippen LogP) is 4.99. The second kappa shape index (κ2) is 6.07. The fraction of sp³-hybridized carbons (Fsp3) is 0. The van der Waals surface area contributed by atoms with E-state index in [0.717, 1.165) is 9.64 Å². The summed E-state index contributed by atoms with van der Waals surface area (Å²) in [6.45, 7) is 0. The summed E-state index contributed by atoms with van der Waals surface area (Å²) in [7, 11) is 0. The molecule has 0 radical (unpaired) electrons. The quantitative estimate of drug-likeness (QED) is 0.695. The largest absolute Gasteiger partial charge is 0.321 e. The highest BCUT2D eigenvalue weighted by atomic mass is 127. The van der Waals surface area contributed by atoms with E-state index in [-0.39, 0.29) is 10.6 Å². The lowest BCUT2D eigenvalue weighted by atomic mass is 10.2. The minimum atomic E-state index is -0.492. The molecule has 19 heavy (non-hydrogen) atoms. The fourth-order valence-electron chi connectivity index (χ4n) is 1.45. The average Bonchev–Trinajstić information content (AvgIpc) is 2.32. The van der Waals surface area contributed by atoms with Gasteiger partial charge in [-0.3, -0.25) is 4.79 Å². The van der Waals surface area contributed by atoms with Gasteiger partial charge in [-0.25, -0.2) is 4.39 Å². The lowest BCUT2D eigenvalue weighted by molar-refractivity contribution is 0.102. The van der Waals surface area contributed by atoms with Crippen LogP contribution >= 0.6 is 45.8 Å². The highest BCUT2D eigenvalue weighted by Crippen LogP contribution is 2.25. The van der Waals surface area contributed by atoms with Crippen LogP contribution in [0, 0.1) is 9.39 Å². The van der Waals surface area contributed by atoms with Crippen LogP contribution in [0.4, 0.5) is 10.1 Å². The molecule has 0 aliphatic heterocycles. The van der Waals surface area contributed by atoms with Crippen molar-refractivity contribution in [2.45, 2.75) is 0 Å². The van der Waals surface area contributed by atoms with Crippen LogP contribution in [-0.2, 0) is 0 Å². The number of carbonyl (C=O) groups is 1. The topological polar surface area (TPSA) is 29.1 Å². The molecule has 0 aliphatic carbocycles. The van der Waals surface area contributed by atoms with Gasteiger partial charge in [0.05, 0.1) is 21.3 Å². The maximum atomic E-state index is 12.9. The third-order valence-electron chi connectivity index (χ3n) is 2.36. The summed E-state index contributed by atoms with van der Waals surface area (Å²) < 4.78 is 13.9. The van der Waals surface area contributed by atoms with Crippen LogP contribution in [0.3, 0.4) is 0 Å². The maximum Gasteiger partial charge on any atom is 0.257 e. The van der Waals surface area contributed by atoms with Gasteiger partial charge in [0.15, 0.2) is 0 Å². The van der Waals surface area contributed by atoms with Crippen molar-refractivity contribution in [2.75, 3.05) is 5.32 Å². The van der Waals surface area contributed by atoms with Gasteiger partial charge in [-0.1, -0.05) is 23.2 Å². The Balaban J connectivity index is 2.25. The summed E-state index contributed by atoms with van der Waals surface area (Å²) in [6.07, 6.45) is 0. The number of benzene rings is 2. The first-order valence-corrected chi connectivity index (χ1v) is 7.02. The second-order valence-electron chi connectivity index (χ2n) is 3.70. The predicted molar refractivity (Wildman–Crippen MR) is 83.5 cm³/mol. The molecular weight excluding hydrogens is 403 g/mol. The number of hydrogen-bond donors (Lipinski definition) is 1. The molecular formula is C13H7Cl2FINO. The number of nitrogens with one attached hydrogen (secondary N) is 1. The number of rotatable bonds is 2. The van der Waals surface area contributed by atoms with Crippen molar-refractivity contribution in [3.05, 3.63) is 61.4 Å². The van der Waals surface area contributed by atoms with E-state index in [0.29, 0.717) is 10.7 Å². The Hall–Kier alpha value is -0.850. The molecule has 0 saturated heterocycles. The molecule has 2 nitrogen and oxygen atoms in total. The van der Waals surface area contributed by atoms with Crippen molar-refractivity contribution in [3.8, 4) is 0 Å². The van der Waals surface area contributed by atoms with E-state index in [1.165, 1.54) is 12.1 Å². The standard InChI is InChI=1S/C13H7Cl2FINO/c14-10-5-7(16)1-3-9(10)13(19)18-12-4-2-8(17)6-11(12)15/h1-6H,(H,18,19). The summed E-state index contributed by atoms with van der Waals surface area (Å²) in [5, 5.41) is 3.12. The molecule has 1 N–H and O–H groups in total. The second-order valence-corrected chi connectivity index (χ2v) is 5.76. The lowest BCUT2D eigenvalue weighted by Crippen LogP contribution is -2.13. The van der Waals surface area contributed by atoms with E-state index in [1.807, 2.05) is 6.07 Å². The van der Waals surface area contributed by atoms with Gasteiger partial charge in [0, 0.05) is 3.57 Å². The number of halogens is 4. The Bertz CT molecular complexity index is 649. The monoisotopic (exact) mass is 409 g/mol. The van der Waals surface area contributed by atoms with Gasteiger partial charge in [-0.15, -0.1) is 0 Å². The van der Waals surface area contributed by atoms with Crippen molar-refractivity contribution in [1.29, 1.82) is 0 Å². The smallest absolute Gasteiger partial charge is 0.257 e. The van der Waals surface area contributed by atoms with Gasteiger partial charge in [-0.05, 0) is 59.0 Å². The van der Waals surface area contributed by atoms with E-state index in [2.05, 4.69) is 27.9 Å². The van der Waals surface area contributed by atoms with Gasteiger partial charge < -0.3 is 5.32 Å². The molecule has 0 fully saturated rings. The Morgan fingerprint density at radius 3 is 2.47 bits per heavy atom. The van der Waals surface area contributed by atoms with Crippen LogP contribution in [0.15, 0.2) is 36.4 Å². The van der Waals surface area contributed by atoms with Crippen molar-refractivity contribution in [2.24, 2.45) is 0 Å². The number of anilines is 1. The summed E-state index contributed by atoms with van der Waals surface area (Å²) in [5.41, 5.74) is 0.671. The molecule has 0 unspecified atom stereocenters. The first-order chi connectivity index (χ1) is 8.97. The van der Waals surface area contributed by atoms with Crippen LogP contribution in [-0.4, -0.2) is 5.91 Å². The number of amides is 1. The molecule has 98 valence electrons. The molecule has 0 atom stereocenters. The van der Waals surface area contributed by atoms with Gasteiger partial charge in [-0.2, -0.15) is 0 Å². The van der Waals surface area contributed by atoms with Crippen molar-refractivity contribution in [3.63, 3.8) is 0 Å². The molecule has 6 heteroatoms. The van der Waals surface area contributed by atoms with Crippen molar-refractivity contribution < 1.29 is 9.18 Å². The Morgan fingerprint density at radius 2 is 1.84 bits per heavy atom. The summed E-state index contributed by atoms with van der Waals surface area (Å²) >= 11 is 14.0. The minimum Gasteiger partial charge on any atom is -0.321 e. The van der Waals surface area contributed by atoms with E-state index in [4.69, 9.17) is 23.2 Å². The first kappa shape index (κ1) is 14.6. The van der Waals surface area contributed by atoms with Gasteiger partial charge >= 0.3 is 0 Å². The maximum absolute atomic E-state index is 12.9. The molecule has 0 spiro atoms. The molecule has 2 aromatic rings. The third kappa shape index (κ3) is 3.58. The summed E-state index contributed by atoms with van der Waals surface area (Å²) in [5.74, 6) is -0.929. The first-order valence-electron chi connectivity index (χ1n) is 5.19. The van der Waals surface area contributed by atoms with E-state index in [1.54, 1.807) is 12.1 Å². The molecule has 0 aliphatic rings. The van der Waals surface area contributed by atoms with Crippen LogP contribution in [0.25, 0.3) is 0 Å². The van der Waals surface area contributed by atoms with Gasteiger partial charge in [0.2, 0.25) is 0 Å². The highest BCUT2D eigenvalue weighted by molar-refractivity contribution is 14.1. The fourth-order valence-corrected chi connectivity index (χ4v) is 2.61. The number of carbonyl (C=O) groups excluding carboxylic acids is 1. The zero-order chi connectivity index (χ0) is 14.0. The zero-order valence-electron chi connectivity index (χ0n) is 9.38. The number of hydrogen-bond acceptors (Lipinski definition) is 1. The molecule has 0 saturated carbocycles. The van der Waals surface area contributed by atoms with E-state index in [9.17, 15) is 9.18 Å². The Labute approximate surface area is 133 Å². The van der Waals surface area contributed by atoms with E-state index < -0.39 is 11.7 Å². The molecule has 1 amide bonds. The molecule has 0 heterocycles. The van der Waals surface area contributed by atoms with Crippen LogP contribution in [0.2, 0.25) is 10.0 Å². The molecule has 2 rings (SSSR count). The Kier molecular flexibility index (Phi) is 4.65. The minimum absolute atomic E-state index is 0.0548. The van der Waals surface area contributed by atoms with Crippen LogP contribution < -0.4 is 5.32 Å². The zero-order valence-corrected chi connectivity index (χ0v) is 13.1. The van der Waals surface area contributed by atoms with Crippen LogP contribution in [0.5, 0.6) is 0 Å². The van der Waals surface area contributed by atoms with Crippen LogP contribution in [0.1, 0.15) is 10.4 Å². The molecule has 0 bridgehead atoms. The van der Waals surface area contributed by atoms with Crippen molar-refractivity contribution >= 4 is 57.4 Å². The van der Waals surface area contributed by atoms with Gasteiger partial charge in [0.1, 0.15) is 5.82 Å². The average molecular weight is 410 g/mol. The molecule has 0 aromatic heterocycles. The summed E-state index contributed by atoms with van der Waals surface area (Å²) in [4.78, 5) is 12.0. The molecule has 2 aromatic carbocycles.